The number of likely N-dealkylation sites (tertiary alicyclic amines) is 1. The van der Waals surface area contributed by atoms with Crippen LogP contribution < -0.4 is 11.1 Å². The van der Waals surface area contributed by atoms with Crippen LogP contribution in [0.3, 0.4) is 0 Å². The van der Waals surface area contributed by atoms with Crippen LogP contribution in [0, 0.1) is 11.8 Å². The first-order chi connectivity index (χ1) is 15.4. The van der Waals surface area contributed by atoms with E-state index in [1.807, 2.05) is 36.4 Å². The summed E-state index contributed by atoms with van der Waals surface area (Å²) < 4.78 is 0. The van der Waals surface area contributed by atoms with E-state index in [4.69, 9.17) is 28.9 Å². The lowest BCUT2D eigenvalue weighted by Crippen LogP contribution is -2.48. The Morgan fingerprint density at radius 2 is 1.72 bits per heavy atom. The van der Waals surface area contributed by atoms with Crippen molar-refractivity contribution in [3.8, 4) is 0 Å². The normalized spacial score (nSPS) is 16.3. The number of nitrogens with two attached hydrogens (primary N) is 1. The van der Waals surface area contributed by atoms with Gasteiger partial charge in [0.15, 0.2) is 0 Å². The van der Waals surface area contributed by atoms with Crippen molar-refractivity contribution >= 4 is 29.1 Å². The first-order valence-electron chi connectivity index (χ1n) is 11.6. The molecule has 174 valence electrons. The minimum Gasteiger partial charge on any atom is -0.348 e. The monoisotopic (exact) mass is 475 g/mol. The highest BCUT2D eigenvalue weighted by atomic mass is 35.5. The summed E-state index contributed by atoms with van der Waals surface area (Å²) in [6, 6.07) is 13.8. The Balaban J connectivity index is 1.49. The molecule has 1 fully saturated rings. The van der Waals surface area contributed by atoms with E-state index in [0.29, 0.717) is 34.0 Å². The van der Waals surface area contributed by atoms with Crippen molar-refractivity contribution in [3.05, 3.63) is 69.2 Å². The van der Waals surface area contributed by atoms with E-state index in [1.54, 1.807) is 0 Å². The summed E-state index contributed by atoms with van der Waals surface area (Å²) >= 11 is 12.2. The maximum Gasteiger partial charge on any atom is 0.251 e. The summed E-state index contributed by atoms with van der Waals surface area (Å²) in [6.07, 6.45) is 4.18. The van der Waals surface area contributed by atoms with E-state index in [0.717, 1.165) is 50.9 Å². The number of rotatable bonds is 9. The third kappa shape index (κ3) is 7.21. The van der Waals surface area contributed by atoms with Crippen molar-refractivity contribution in [2.45, 2.75) is 45.6 Å². The topological polar surface area (TPSA) is 58.4 Å². The molecule has 0 unspecified atom stereocenters. The molecule has 0 aromatic heterocycles. The zero-order chi connectivity index (χ0) is 23.1. The number of piperidine rings is 1. The van der Waals surface area contributed by atoms with Gasteiger partial charge in [-0.3, -0.25) is 4.79 Å². The van der Waals surface area contributed by atoms with Crippen molar-refractivity contribution in [3.63, 3.8) is 0 Å². The molecule has 2 aromatic rings. The first kappa shape index (κ1) is 25.0. The van der Waals surface area contributed by atoms with Gasteiger partial charge in [0.05, 0.1) is 10.0 Å². The SMILES string of the molecule is CC(C)[C@@H](CN1CCC(Cc2ccc(Cl)c(Cl)c2)CC1)NC(=O)c1ccc(CCN)cc1. The second-order valence-corrected chi connectivity index (χ2v) is 10.1. The van der Waals surface area contributed by atoms with Crippen molar-refractivity contribution in [2.75, 3.05) is 26.2 Å². The Labute approximate surface area is 202 Å². The van der Waals surface area contributed by atoms with Gasteiger partial charge in [-0.05, 0) is 92.5 Å². The van der Waals surface area contributed by atoms with E-state index >= 15 is 0 Å². The number of carbonyl (C=O) groups excluding carboxylic acids is 1. The Hall–Kier alpha value is -1.59. The zero-order valence-corrected chi connectivity index (χ0v) is 20.6. The Morgan fingerprint density at radius 3 is 2.31 bits per heavy atom. The van der Waals surface area contributed by atoms with Gasteiger partial charge < -0.3 is 16.0 Å². The lowest BCUT2D eigenvalue weighted by atomic mass is 9.89. The van der Waals surface area contributed by atoms with Crippen molar-refractivity contribution < 1.29 is 4.79 Å². The van der Waals surface area contributed by atoms with Crippen LogP contribution >= 0.6 is 23.2 Å². The van der Waals surface area contributed by atoms with Gasteiger partial charge >= 0.3 is 0 Å². The number of amides is 1. The molecule has 1 aliphatic rings. The van der Waals surface area contributed by atoms with Crippen LogP contribution in [0.25, 0.3) is 0 Å². The first-order valence-corrected chi connectivity index (χ1v) is 12.4. The Kier molecular flexibility index (Phi) is 9.42. The number of nitrogens with one attached hydrogen (secondary N) is 1. The van der Waals surface area contributed by atoms with E-state index in [9.17, 15) is 4.79 Å². The molecule has 4 nitrogen and oxygen atoms in total. The number of halogens is 2. The maximum atomic E-state index is 12.8. The number of hydrogen-bond acceptors (Lipinski definition) is 3. The average molecular weight is 476 g/mol. The number of hydrogen-bond donors (Lipinski definition) is 2. The molecule has 1 amide bonds. The maximum absolute atomic E-state index is 12.8. The number of nitrogens with zero attached hydrogens (tertiary/aromatic N) is 1. The third-order valence-electron chi connectivity index (χ3n) is 6.44. The standard InChI is InChI=1S/C26H35Cl2N3O/c1-18(2)25(30-26(32)22-6-3-19(4-7-22)9-12-29)17-31-13-10-20(11-14-31)15-21-5-8-23(27)24(28)16-21/h3-8,16,18,20,25H,9-15,17,29H2,1-2H3,(H,30,32)/t25-/m1/s1. The van der Waals surface area contributed by atoms with Crippen molar-refractivity contribution in [2.24, 2.45) is 17.6 Å². The lowest BCUT2D eigenvalue weighted by molar-refractivity contribution is 0.0893. The molecule has 1 saturated heterocycles. The minimum absolute atomic E-state index is 0.00231. The predicted molar refractivity (Wildman–Crippen MR) is 135 cm³/mol. The van der Waals surface area contributed by atoms with Gasteiger partial charge in [-0.2, -0.15) is 0 Å². The van der Waals surface area contributed by atoms with Crippen LogP contribution in [0.15, 0.2) is 42.5 Å². The quantitative estimate of drug-likeness (QED) is 0.523. The molecule has 1 heterocycles. The van der Waals surface area contributed by atoms with Crippen LogP contribution in [0.1, 0.15) is 48.2 Å². The minimum atomic E-state index is -0.00231. The summed E-state index contributed by atoms with van der Waals surface area (Å²) in [4.78, 5) is 15.3. The largest absolute Gasteiger partial charge is 0.348 e. The van der Waals surface area contributed by atoms with Gasteiger partial charge in [-0.15, -0.1) is 0 Å². The van der Waals surface area contributed by atoms with Gasteiger partial charge in [0.25, 0.3) is 5.91 Å². The smallest absolute Gasteiger partial charge is 0.251 e. The van der Waals surface area contributed by atoms with E-state index in [1.165, 1.54) is 5.56 Å². The molecule has 1 atom stereocenters. The van der Waals surface area contributed by atoms with Crippen LogP contribution in [0.2, 0.25) is 10.0 Å². The van der Waals surface area contributed by atoms with Gasteiger partial charge in [0.1, 0.15) is 0 Å². The molecule has 2 aromatic carbocycles. The fourth-order valence-corrected chi connectivity index (χ4v) is 4.64. The van der Waals surface area contributed by atoms with E-state index in [2.05, 4.69) is 30.1 Å². The number of benzene rings is 2. The molecule has 0 radical (unpaired) electrons. The fourth-order valence-electron chi connectivity index (χ4n) is 4.32. The van der Waals surface area contributed by atoms with Crippen molar-refractivity contribution in [1.82, 2.24) is 10.2 Å². The molecule has 3 rings (SSSR count). The molecule has 32 heavy (non-hydrogen) atoms. The fraction of sp³-hybridized carbons (Fsp3) is 0.500. The van der Waals surface area contributed by atoms with Gasteiger partial charge in [-0.25, -0.2) is 0 Å². The van der Waals surface area contributed by atoms with E-state index < -0.39 is 0 Å². The second-order valence-electron chi connectivity index (χ2n) is 9.26. The van der Waals surface area contributed by atoms with Crippen LogP contribution in [-0.4, -0.2) is 43.0 Å². The van der Waals surface area contributed by atoms with Crippen LogP contribution in [0.4, 0.5) is 0 Å². The third-order valence-corrected chi connectivity index (χ3v) is 7.18. The zero-order valence-electron chi connectivity index (χ0n) is 19.1. The summed E-state index contributed by atoms with van der Waals surface area (Å²) in [7, 11) is 0. The predicted octanol–water partition coefficient (Wildman–Crippen LogP) is 5.20. The molecular formula is C26H35Cl2N3O. The highest BCUT2D eigenvalue weighted by Gasteiger charge is 2.25. The van der Waals surface area contributed by atoms with Crippen LogP contribution in [-0.2, 0) is 12.8 Å². The van der Waals surface area contributed by atoms with Gasteiger partial charge in [-0.1, -0.05) is 55.2 Å². The number of carbonyl (C=O) groups is 1. The molecule has 3 N–H and O–H groups in total. The summed E-state index contributed by atoms with van der Waals surface area (Å²) in [5, 5.41) is 4.50. The molecule has 1 aliphatic heterocycles. The molecular weight excluding hydrogens is 441 g/mol. The Morgan fingerprint density at radius 1 is 1.06 bits per heavy atom. The molecule has 0 aliphatic carbocycles. The lowest BCUT2D eigenvalue weighted by Gasteiger charge is -2.35. The summed E-state index contributed by atoms with van der Waals surface area (Å²) in [5.41, 5.74) is 8.73. The average Bonchev–Trinajstić information content (AvgIpc) is 2.77. The summed E-state index contributed by atoms with van der Waals surface area (Å²) in [5.74, 6) is 1.02. The molecule has 0 spiro atoms. The van der Waals surface area contributed by atoms with Crippen LogP contribution in [0.5, 0.6) is 0 Å². The molecule has 0 saturated carbocycles. The summed E-state index contributed by atoms with van der Waals surface area (Å²) in [6.45, 7) is 7.95. The van der Waals surface area contributed by atoms with Gasteiger partial charge in [0, 0.05) is 18.2 Å². The van der Waals surface area contributed by atoms with Crippen molar-refractivity contribution in [1.29, 1.82) is 0 Å². The Bertz CT molecular complexity index is 877. The molecule has 6 heteroatoms. The van der Waals surface area contributed by atoms with Gasteiger partial charge in [0.2, 0.25) is 0 Å². The molecule has 0 bridgehead atoms. The van der Waals surface area contributed by atoms with E-state index in [-0.39, 0.29) is 11.9 Å². The highest BCUT2D eigenvalue weighted by molar-refractivity contribution is 6.42. The highest BCUT2D eigenvalue weighted by Crippen LogP contribution is 2.27. The second kappa shape index (κ2) is 12.0.